The van der Waals surface area contributed by atoms with Crippen molar-refractivity contribution in [3.63, 3.8) is 0 Å². The molecule has 1 heterocycles. The largest absolute Gasteiger partial charge is 0.396 e. The van der Waals surface area contributed by atoms with Crippen LogP contribution in [-0.2, 0) is 14.9 Å². The molecule has 1 saturated carbocycles. The lowest BCUT2D eigenvalue weighted by atomic mass is 9.65. The van der Waals surface area contributed by atoms with Gasteiger partial charge in [0.05, 0.1) is 6.10 Å². The van der Waals surface area contributed by atoms with Gasteiger partial charge in [0.1, 0.15) is 0 Å². The van der Waals surface area contributed by atoms with Gasteiger partial charge in [-0.15, -0.1) is 0 Å². The summed E-state index contributed by atoms with van der Waals surface area (Å²) in [6.07, 6.45) is 2.31. The number of hydrogen-bond donors (Lipinski definition) is 2. The van der Waals surface area contributed by atoms with Gasteiger partial charge >= 0.3 is 0 Å². The van der Waals surface area contributed by atoms with Crippen molar-refractivity contribution < 1.29 is 18.3 Å². The highest BCUT2D eigenvalue weighted by Crippen LogP contribution is 2.43. The van der Waals surface area contributed by atoms with Crippen LogP contribution in [0.15, 0.2) is 0 Å². The van der Waals surface area contributed by atoms with Crippen molar-refractivity contribution in [3.05, 3.63) is 0 Å². The molecule has 21 heavy (non-hydrogen) atoms. The van der Waals surface area contributed by atoms with Gasteiger partial charge in [0.2, 0.25) is 0 Å². The minimum Gasteiger partial charge on any atom is -0.396 e. The van der Waals surface area contributed by atoms with Gasteiger partial charge in [0, 0.05) is 37.8 Å². The maximum Gasteiger partial charge on any atom is 0.279 e. The maximum atomic E-state index is 12.4. The Morgan fingerprint density at radius 1 is 1.33 bits per heavy atom. The summed E-state index contributed by atoms with van der Waals surface area (Å²) in [5.41, 5.74) is -0.174. The van der Waals surface area contributed by atoms with Crippen LogP contribution in [-0.4, -0.2) is 56.3 Å². The lowest BCUT2D eigenvalue weighted by molar-refractivity contribution is -0.108. The minimum atomic E-state index is -3.44. The third-order valence-electron chi connectivity index (χ3n) is 5.01. The number of nitrogens with zero attached hydrogens (tertiary/aromatic N) is 1. The highest BCUT2D eigenvalue weighted by Gasteiger charge is 2.50. The lowest BCUT2D eigenvalue weighted by Gasteiger charge is -2.51. The average Bonchev–Trinajstić information content (AvgIpc) is 2.46. The Morgan fingerprint density at radius 3 is 2.43 bits per heavy atom. The van der Waals surface area contributed by atoms with E-state index in [1.165, 1.54) is 4.31 Å². The van der Waals surface area contributed by atoms with E-state index < -0.39 is 10.2 Å². The van der Waals surface area contributed by atoms with E-state index in [0.717, 1.165) is 19.3 Å². The topological polar surface area (TPSA) is 78.9 Å². The molecule has 0 radical (unpaired) electrons. The Morgan fingerprint density at radius 2 is 1.95 bits per heavy atom. The number of piperidine rings is 1. The molecule has 0 aromatic heterocycles. The molecule has 1 aliphatic heterocycles. The summed E-state index contributed by atoms with van der Waals surface area (Å²) in [7, 11) is -3.44. The molecule has 2 N–H and O–H groups in total. The van der Waals surface area contributed by atoms with Crippen LogP contribution in [0.2, 0.25) is 0 Å². The van der Waals surface area contributed by atoms with Gasteiger partial charge in [-0.25, -0.2) is 0 Å². The van der Waals surface area contributed by atoms with Crippen LogP contribution in [0.4, 0.5) is 0 Å². The first-order valence-corrected chi connectivity index (χ1v) is 9.25. The number of aliphatic hydroxyl groups is 1. The van der Waals surface area contributed by atoms with E-state index in [0.29, 0.717) is 19.7 Å². The predicted octanol–water partition coefficient (Wildman–Crippen LogP) is 0.729. The number of nitrogens with one attached hydrogen (secondary N) is 1. The van der Waals surface area contributed by atoms with Gasteiger partial charge < -0.3 is 9.84 Å². The van der Waals surface area contributed by atoms with Crippen LogP contribution >= 0.6 is 0 Å². The van der Waals surface area contributed by atoms with Gasteiger partial charge in [-0.3, -0.25) is 0 Å². The Balaban J connectivity index is 1.91. The normalized spacial score (nSPS) is 31.0. The Kier molecular flexibility index (Phi) is 5.31. The van der Waals surface area contributed by atoms with Crippen molar-refractivity contribution in [3.8, 4) is 0 Å². The Labute approximate surface area is 128 Å². The summed E-state index contributed by atoms with van der Waals surface area (Å²) in [6, 6.07) is -0.0744. The van der Waals surface area contributed by atoms with E-state index >= 15 is 0 Å². The van der Waals surface area contributed by atoms with Gasteiger partial charge in [0.25, 0.3) is 10.2 Å². The third-order valence-corrected chi connectivity index (χ3v) is 6.64. The van der Waals surface area contributed by atoms with Crippen molar-refractivity contribution in [2.75, 3.05) is 26.3 Å². The van der Waals surface area contributed by atoms with Crippen LogP contribution in [0, 0.1) is 11.3 Å². The van der Waals surface area contributed by atoms with Crippen LogP contribution in [0.3, 0.4) is 0 Å². The van der Waals surface area contributed by atoms with Crippen molar-refractivity contribution in [1.82, 2.24) is 9.03 Å². The first-order chi connectivity index (χ1) is 9.81. The summed E-state index contributed by atoms with van der Waals surface area (Å²) < 4.78 is 34.9. The van der Waals surface area contributed by atoms with Crippen LogP contribution in [0.5, 0.6) is 0 Å². The first kappa shape index (κ1) is 17.1. The van der Waals surface area contributed by atoms with E-state index in [9.17, 15) is 8.42 Å². The van der Waals surface area contributed by atoms with Gasteiger partial charge in [-0.2, -0.15) is 17.4 Å². The fraction of sp³-hybridized carbons (Fsp3) is 1.00. The second-order valence-corrected chi connectivity index (χ2v) is 8.40. The molecular formula is C14H28N2O4S. The Hall–Kier alpha value is -0.210. The molecule has 0 spiro atoms. The first-order valence-electron chi connectivity index (χ1n) is 7.81. The molecule has 2 rings (SSSR count). The van der Waals surface area contributed by atoms with E-state index in [1.807, 2.05) is 20.8 Å². The highest BCUT2D eigenvalue weighted by atomic mass is 32.2. The molecule has 6 nitrogen and oxygen atoms in total. The lowest BCUT2D eigenvalue weighted by Crippen LogP contribution is -2.63. The predicted molar refractivity (Wildman–Crippen MR) is 81.0 cm³/mol. The monoisotopic (exact) mass is 320 g/mol. The van der Waals surface area contributed by atoms with Gasteiger partial charge in [-0.1, -0.05) is 13.8 Å². The molecule has 2 unspecified atom stereocenters. The minimum absolute atomic E-state index is 0.0744. The van der Waals surface area contributed by atoms with Crippen molar-refractivity contribution in [2.45, 2.75) is 52.2 Å². The fourth-order valence-corrected chi connectivity index (χ4v) is 4.76. The van der Waals surface area contributed by atoms with E-state index in [2.05, 4.69) is 4.72 Å². The average molecular weight is 320 g/mol. The summed E-state index contributed by atoms with van der Waals surface area (Å²) in [5.74, 6) is 0.235. The summed E-state index contributed by atoms with van der Waals surface area (Å²) in [6.45, 7) is 7.82. The molecule has 1 saturated heterocycles. The summed E-state index contributed by atoms with van der Waals surface area (Å²) in [4.78, 5) is 0. The third kappa shape index (κ3) is 3.59. The smallest absolute Gasteiger partial charge is 0.279 e. The molecule has 2 atom stereocenters. The van der Waals surface area contributed by atoms with Crippen LogP contribution in [0.25, 0.3) is 0 Å². The van der Waals surface area contributed by atoms with Crippen LogP contribution in [0.1, 0.15) is 40.0 Å². The summed E-state index contributed by atoms with van der Waals surface area (Å²) >= 11 is 0. The van der Waals surface area contributed by atoms with Gasteiger partial charge in [-0.05, 0) is 32.1 Å². The second-order valence-electron chi connectivity index (χ2n) is 6.70. The van der Waals surface area contributed by atoms with E-state index in [1.54, 1.807) is 0 Å². The van der Waals surface area contributed by atoms with Crippen LogP contribution < -0.4 is 4.72 Å². The Bertz CT molecular complexity index is 444. The van der Waals surface area contributed by atoms with Gasteiger partial charge in [0.15, 0.2) is 0 Å². The summed E-state index contributed by atoms with van der Waals surface area (Å²) in [5, 5.41) is 9.12. The zero-order chi connectivity index (χ0) is 15.7. The van der Waals surface area contributed by atoms with Crippen molar-refractivity contribution in [1.29, 1.82) is 0 Å². The molecule has 124 valence electrons. The number of hydrogen-bond acceptors (Lipinski definition) is 4. The molecule has 0 aromatic rings. The zero-order valence-electron chi connectivity index (χ0n) is 13.2. The fourth-order valence-electron chi connectivity index (χ4n) is 3.16. The van der Waals surface area contributed by atoms with Crippen molar-refractivity contribution in [2.24, 2.45) is 11.3 Å². The van der Waals surface area contributed by atoms with E-state index in [-0.39, 0.29) is 30.1 Å². The molecular weight excluding hydrogens is 292 g/mol. The molecule has 2 aliphatic rings. The number of aliphatic hydroxyl groups excluding tert-OH is 1. The maximum absolute atomic E-state index is 12.4. The van der Waals surface area contributed by atoms with Crippen molar-refractivity contribution >= 4 is 10.2 Å². The zero-order valence-corrected chi connectivity index (χ0v) is 14.0. The molecule has 0 amide bonds. The SMILES string of the molecule is CCOC1CC(NS(=O)(=O)N2CCC(CO)CC2)C1(C)C. The standard InChI is InChI=1S/C14H28N2O4S/c1-4-20-13-9-12(14(13,2)3)15-21(18,19)16-7-5-11(10-17)6-8-16/h11-13,15,17H,4-10H2,1-3H3. The highest BCUT2D eigenvalue weighted by molar-refractivity contribution is 7.87. The number of ether oxygens (including phenoxy) is 1. The molecule has 7 heteroatoms. The second kappa shape index (κ2) is 6.50. The van der Waals surface area contributed by atoms with E-state index in [4.69, 9.17) is 9.84 Å². The molecule has 0 aromatic carbocycles. The molecule has 1 aliphatic carbocycles. The molecule has 0 bridgehead atoms. The quantitative estimate of drug-likeness (QED) is 0.756. The number of rotatable bonds is 6. The molecule has 2 fully saturated rings.